The molecule has 2 aromatic heterocycles. The van der Waals surface area contributed by atoms with Crippen molar-refractivity contribution in [1.29, 1.82) is 0 Å². The molecule has 0 radical (unpaired) electrons. The van der Waals surface area contributed by atoms with Gasteiger partial charge in [-0.05, 0) is 31.2 Å². The van der Waals surface area contributed by atoms with Crippen LogP contribution in [-0.2, 0) is 10.0 Å². The minimum Gasteiger partial charge on any atom is -0.321 e. The van der Waals surface area contributed by atoms with Gasteiger partial charge < -0.3 is 5.32 Å². The molecule has 30 heavy (non-hydrogen) atoms. The molecule has 10 heteroatoms. The summed E-state index contributed by atoms with van der Waals surface area (Å²) in [4.78, 5) is 21.8. The SMILES string of the molecule is Cc1nc(-c2ccccc2)c(C(=O)Nc2ccc(S(=O)(=O)Nc3nccs3)cc2)s1. The number of benzene rings is 2. The number of carbonyl (C=O) groups excluding carboxylic acids is 1. The molecule has 2 aromatic carbocycles. The van der Waals surface area contributed by atoms with Gasteiger partial charge in [-0.3, -0.25) is 9.52 Å². The summed E-state index contributed by atoms with van der Waals surface area (Å²) < 4.78 is 27.3. The third kappa shape index (κ3) is 4.40. The first-order valence-corrected chi connectivity index (χ1v) is 12.0. The summed E-state index contributed by atoms with van der Waals surface area (Å²) >= 11 is 2.50. The molecule has 0 aliphatic heterocycles. The second kappa shape index (κ2) is 8.34. The predicted octanol–water partition coefficient (Wildman–Crippen LogP) is 4.63. The van der Waals surface area contributed by atoms with Gasteiger partial charge >= 0.3 is 0 Å². The first-order chi connectivity index (χ1) is 14.4. The van der Waals surface area contributed by atoms with E-state index < -0.39 is 10.0 Å². The Labute approximate surface area is 181 Å². The van der Waals surface area contributed by atoms with Crippen molar-refractivity contribution in [3.8, 4) is 11.3 Å². The van der Waals surface area contributed by atoms with Gasteiger partial charge in [0.1, 0.15) is 4.88 Å². The number of rotatable bonds is 6. The topological polar surface area (TPSA) is 101 Å². The van der Waals surface area contributed by atoms with Crippen LogP contribution in [0.2, 0.25) is 0 Å². The number of nitrogens with zero attached hydrogens (tertiary/aromatic N) is 2. The number of aromatic nitrogens is 2. The van der Waals surface area contributed by atoms with Crippen LogP contribution in [0.1, 0.15) is 14.7 Å². The fourth-order valence-electron chi connectivity index (χ4n) is 2.73. The van der Waals surface area contributed by atoms with Crippen molar-refractivity contribution in [1.82, 2.24) is 9.97 Å². The second-order valence-electron chi connectivity index (χ2n) is 6.20. The van der Waals surface area contributed by atoms with Crippen molar-refractivity contribution in [2.75, 3.05) is 10.0 Å². The molecule has 0 bridgehead atoms. The minimum atomic E-state index is -3.74. The van der Waals surface area contributed by atoms with Crippen molar-refractivity contribution in [2.45, 2.75) is 11.8 Å². The fraction of sp³-hybridized carbons (Fsp3) is 0.0500. The maximum Gasteiger partial charge on any atom is 0.268 e. The number of hydrogen-bond acceptors (Lipinski definition) is 7. The van der Waals surface area contributed by atoms with Crippen LogP contribution in [0.5, 0.6) is 0 Å². The number of aryl methyl sites for hydroxylation is 1. The largest absolute Gasteiger partial charge is 0.321 e. The van der Waals surface area contributed by atoms with Crippen LogP contribution >= 0.6 is 22.7 Å². The van der Waals surface area contributed by atoms with Gasteiger partial charge in [0.05, 0.1) is 15.6 Å². The van der Waals surface area contributed by atoms with Gasteiger partial charge in [0.15, 0.2) is 5.13 Å². The van der Waals surface area contributed by atoms with Crippen LogP contribution < -0.4 is 10.0 Å². The van der Waals surface area contributed by atoms with Crippen LogP contribution in [0, 0.1) is 6.92 Å². The van der Waals surface area contributed by atoms with E-state index in [0.29, 0.717) is 21.4 Å². The number of carbonyl (C=O) groups is 1. The summed E-state index contributed by atoms with van der Waals surface area (Å²) in [6.45, 7) is 1.85. The lowest BCUT2D eigenvalue weighted by atomic mass is 10.1. The van der Waals surface area contributed by atoms with Crippen molar-refractivity contribution >= 4 is 49.4 Å². The smallest absolute Gasteiger partial charge is 0.268 e. The zero-order valence-electron chi connectivity index (χ0n) is 15.7. The highest BCUT2D eigenvalue weighted by Crippen LogP contribution is 2.29. The number of thiazole rings is 2. The predicted molar refractivity (Wildman–Crippen MR) is 120 cm³/mol. The third-order valence-electron chi connectivity index (χ3n) is 4.06. The Kier molecular flexibility index (Phi) is 5.62. The van der Waals surface area contributed by atoms with Gasteiger partial charge in [-0.25, -0.2) is 18.4 Å². The van der Waals surface area contributed by atoms with E-state index in [0.717, 1.165) is 10.6 Å². The Hall–Kier alpha value is -3.08. The molecule has 7 nitrogen and oxygen atoms in total. The van der Waals surface area contributed by atoms with Crippen molar-refractivity contribution < 1.29 is 13.2 Å². The third-order valence-corrected chi connectivity index (χ3v) is 7.21. The molecule has 4 rings (SSSR count). The standard InChI is InChI=1S/C20H16N4O3S3/c1-13-22-17(14-5-3-2-4-6-14)18(29-13)19(25)23-15-7-9-16(10-8-15)30(26,27)24-20-21-11-12-28-20/h2-12H,1H3,(H,21,24)(H,23,25). The van der Waals surface area contributed by atoms with Crippen LogP contribution in [0.4, 0.5) is 10.8 Å². The number of nitrogens with one attached hydrogen (secondary N) is 2. The van der Waals surface area contributed by atoms with E-state index in [4.69, 9.17) is 0 Å². The van der Waals surface area contributed by atoms with Crippen molar-refractivity contribution in [3.05, 3.63) is 76.1 Å². The highest BCUT2D eigenvalue weighted by atomic mass is 32.2. The summed E-state index contributed by atoms with van der Waals surface area (Å²) in [5.74, 6) is -0.295. The van der Waals surface area contributed by atoms with Crippen LogP contribution in [0.25, 0.3) is 11.3 Å². The lowest BCUT2D eigenvalue weighted by Gasteiger charge is -2.08. The summed E-state index contributed by atoms with van der Waals surface area (Å²) in [6.07, 6.45) is 1.52. The van der Waals surface area contributed by atoms with Crippen LogP contribution in [0.15, 0.2) is 71.1 Å². The van der Waals surface area contributed by atoms with Gasteiger partial charge in [-0.1, -0.05) is 30.3 Å². The molecule has 0 fully saturated rings. The number of amides is 1. The monoisotopic (exact) mass is 456 g/mol. The molecular formula is C20H16N4O3S3. The fourth-order valence-corrected chi connectivity index (χ4v) is 5.35. The van der Waals surface area contributed by atoms with Gasteiger partial charge in [-0.2, -0.15) is 0 Å². The Morgan fingerprint density at radius 3 is 2.43 bits per heavy atom. The van der Waals surface area contributed by atoms with E-state index in [2.05, 4.69) is 20.0 Å². The van der Waals surface area contributed by atoms with Crippen LogP contribution in [0.3, 0.4) is 0 Å². The molecule has 0 spiro atoms. The Morgan fingerprint density at radius 1 is 1.03 bits per heavy atom. The molecule has 4 aromatic rings. The molecule has 0 saturated carbocycles. The average Bonchev–Trinajstić information content (AvgIpc) is 3.38. The molecule has 2 heterocycles. The molecule has 0 aliphatic carbocycles. The van der Waals surface area contributed by atoms with Gasteiger partial charge in [0.25, 0.3) is 15.9 Å². The van der Waals surface area contributed by atoms with E-state index in [9.17, 15) is 13.2 Å². The van der Waals surface area contributed by atoms with Crippen molar-refractivity contribution in [2.24, 2.45) is 0 Å². The number of sulfonamides is 1. The summed E-state index contributed by atoms with van der Waals surface area (Å²) in [6, 6.07) is 15.5. The molecule has 0 atom stereocenters. The zero-order chi connectivity index (χ0) is 21.1. The van der Waals surface area contributed by atoms with Gasteiger partial charge in [0.2, 0.25) is 0 Å². The maximum absolute atomic E-state index is 12.8. The van der Waals surface area contributed by atoms with Crippen molar-refractivity contribution in [3.63, 3.8) is 0 Å². The molecule has 0 unspecified atom stereocenters. The van der Waals surface area contributed by atoms with E-state index in [-0.39, 0.29) is 10.8 Å². The first-order valence-electron chi connectivity index (χ1n) is 8.79. The van der Waals surface area contributed by atoms with Crippen LogP contribution in [-0.4, -0.2) is 24.3 Å². The van der Waals surface area contributed by atoms with E-state index in [1.807, 2.05) is 37.3 Å². The minimum absolute atomic E-state index is 0.0781. The average molecular weight is 457 g/mol. The van der Waals surface area contributed by atoms with E-state index >= 15 is 0 Å². The first kappa shape index (κ1) is 20.2. The molecule has 0 aliphatic rings. The lowest BCUT2D eigenvalue weighted by molar-refractivity contribution is 0.103. The Morgan fingerprint density at radius 2 is 1.77 bits per heavy atom. The molecular weight excluding hydrogens is 440 g/mol. The summed E-state index contributed by atoms with van der Waals surface area (Å²) in [5, 5.41) is 5.57. The highest BCUT2D eigenvalue weighted by Gasteiger charge is 2.19. The maximum atomic E-state index is 12.8. The summed E-state index contributed by atoms with van der Waals surface area (Å²) in [7, 11) is -3.74. The Bertz CT molecular complexity index is 1270. The number of anilines is 2. The molecule has 152 valence electrons. The lowest BCUT2D eigenvalue weighted by Crippen LogP contribution is -2.14. The second-order valence-corrected chi connectivity index (χ2v) is 9.98. The van der Waals surface area contributed by atoms with Gasteiger partial charge in [0, 0.05) is 22.8 Å². The quantitative estimate of drug-likeness (QED) is 0.441. The Balaban J connectivity index is 1.53. The van der Waals surface area contributed by atoms with E-state index in [1.54, 1.807) is 17.5 Å². The summed E-state index contributed by atoms with van der Waals surface area (Å²) in [5.41, 5.74) is 1.97. The molecule has 2 N–H and O–H groups in total. The highest BCUT2D eigenvalue weighted by molar-refractivity contribution is 7.93. The normalized spacial score (nSPS) is 11.2. The molecule has 0 saturated heterocycles. The van der Waals surface area contributed by atoms with E-state index in [1.165, 1.54) is 41.0 Å². The molecule has 1 amide bonds. The number of hydrogen-bond donors (Lipinski definition) is 2. The zero-order valence-corrected chi connectivity index (χ0v) is 18.1. The van der Waals surface area contributed by atoms with Gasteiger partial charge in [-0.15, -0.1) is 22.7 Å².